The third-order valence-electron chi connectivity index (χ3n) is 3.62. The van der Waals surface area contributed by atoms with Gasteiger partial charge in [0.15, 0.2) is 0 Å². The second kappa shape index (κ2) is 7.04. The molecule has 1 heterocycles. The second-order valence-corrected chi connectivity index (χ2v) is 5.26. The molecule has 0 amide bonds. The normalized spacial score (nSPS) is 11.9. The van der Waals surface area contributed by atoms with Crippen molar-refractivity contribution in [3.8, 4) is 11.3 Å². The van der Waals surface area contributed by atoms with Crippen LogP contribution in [0.3, 0.4) is 0 Å². The summed E-state index contributed by atoms with van der Waals surface area (Å²) in [5, 5.41) is 7.01. The number of ether oxygens (including phenoxy) is 1. The van der Waals surface area contributed by atoms with E-state index in [-0.39, 0.29) is 11.6 Å². The molecule has 3 aromatic rings. The van der Waals surface area contributed by atoms with Crippen LogP contribution in [-0.2, 0) is 16.0 Å². The molecule has 6 heteroatoms. The Balaban J connectivity index is 1.80. The topological polar surface area (TPSA) is 55.0 Å². The highest BCUT2D eigenvalue weighted by Gasteiger charge is 2.16. The first kappa shape index (κ1) is 15.9. The molecule has 0 aliphatic rings. The van der Waals surface area contributed by atoms with Crippen molar-refractivity contribution in [1.82, 2.24) is 10.2 Å². The first-order chi connectivity index (χ1) is 11.7. The molecule has 0 aliphatic heterocycles. The van der Waals surface area contributed by atoms with Crippen LogP contribution < -0.4 is 0 Å². The summed E-state index contributed by atoms with van der Waals surface area (Å²) in [4.78, 5) is 10.7. The molecule has 4 nitrogen and oxygen atoms in total. The third-order valence-corrected chi connectivity index (χ3v) is 3.62. The van der Waals surface area contributed by atoms with Gasteiger partial charge < -0.3 is 4.74 Å². The van der Waals surface area contributed by atoms with Gasteiger partial charge in [-0.05, 0) is 35.9 Å². The highest BCUT2D eigenvalue weighted by molar-refractivity contribution is 5.59. The van der Waals surface area contributed by atoms with Crippen LogP contribution in [0.4, 0.5) is 8.78 Å². The molecule has 0 saturated carbocycles. The van der Waals surface area contributed by atoms with Crippen molar-refractivity contribution in [2.75, 3.05) is 0 Å². The monoisotopic (exact) mass is 328 g/mol. The molecule has 0 spiro atoms. The summed E-state index contributed by atoms with van der Waals surface area (Å²) in [6.45, 7) is 0.355. The van der Waals surface area contributed by atoms with E-state index in [1.54, 1.807) is 30.3 Å². The molecule has 122 valence electrons. The molecule has 3 rings (SSSR count). The van der Waals surface area contributed by atoms with Gasteiger partial charge in [0.1, 0.15) is 17.7 Å². The van der Waals surface area contributed by atoms with Gasteiger partial charge in [0.05, 0.1) is 11.4 Å². The predicted octanol–water partition coefficient (Wildman–Crippen LogP) is 3.81. The molecule has 2 aromatic carbocycles. The maximum absolute atomic E-state index is 13.3. The van der Waals surface area contributed by atoms with Crippen molar-refractivity contribution in [2.24, 2.45) is 0 Å². The second-order valence-electron chi connectivity index (χ2n) is 5.26. The number of hydrogen-bond acceptors (Lipinski definition) is 3. The van der Waals surface area contributed by atoms with Crippen molar-refractivity contribution in [3.63, 3.8) is 0 Å². The standard InChI is InChI=1S/C18H14F2N2O2/c19-14-6-4-12(5-7-14)18(24-11-23)10-16-9-17(22-21-16)13-2-1-3-15(20)8-13/h1-9,11,18H,10H2,(H,21,22). The summed E-state index contributed by atoms with van der Waals surface area (Å²) in [7, 11) is 0. The van der Waals surface area contributed by atoms with Gasteiger partial charge >= 0.3 is 0 Å². The van der Waals surface area contributed by atoms with E-state index < -0.39 is 6.10 Å². The average molecular weight is 328 g/mol. The Labute approximate surface area is 137 Å². The van der Waals surface area contributed by atoms with Gasteiger partial charge in [0.25, 0.3) is 6.47 Å². The molecule has 1 unspecified atom stereocenters. The van der Waals surface area contributed by atoms with E-state index in [4.69, 9.17) is 4.74 Å². The first-order valence-corrected chi connectivity index (χ1v) is 7.30. The number of aromatic nitrogens is 2. The zero-order valence-electron chi connectivity index (χ0n) is 12.6. The zero-order valence-corrected chi connectivity index (χ0v) is 12.6. The Morgan fingerprint density at radius 3 is 2.58 bits per heavy atom. The van der Waals surface area contributed by atoms with Crippen LogP contribution in [0.15, 0.2) is 54.6 Å². The molecule has 0 aliphatic carbocycles. The van der Waals surface area contributed by atoms with Crippen molar-refractivity contribution >= 4 is 6.47 Å². The molecule has 1 N–H and O–H groups in total. The number of hydrogen-bond donors (Lipinski definition) is 1. The molecule has 1 aromatic heterocycles. The Kier molecular flexibility index (Phi) is 4.65. The van der Waals surface area contributed by atoms with Crippen molar-refractivity contribution in [1.29, 1.82) is 0 Å². The minimum atomic E-state index is -0.577. The van der Waals surface area contributed by atoms with Gasteiger partial charge in [0.2, 0.25) is 0 Å². The van der Waals surface area contributed by atoms with Gasteiger partial charge in [0, 0.05) is 12.0 Å². The highest BCUT2D eigenvalue weighted by atomic mass is 19.1. The molecular formula is C18H14F2N2O2. The maximum atomic E-state index is 13.3. The molecular weight excluding hydrogens is 314 g/mol. The molecule has 1 atom stereocenters. The molecule has 0 radical (unpaired) electrons. The highest BCUT2D eigenvalue weighted by Crippen LogP contribution is 2.24. The number of nitrogens with one attached hydrogen (secondary N) is 1. The van der Waals surface area contributed by atoms with Crippen LogP contribution in [0.5, 0.6) is 0 Å². The van der Waals surface area contributed by atoms with Crippen LogP contribution in [0, 0.1) is 11.6 Å². The Morgan fingerprint density at radius 2 is 1.88 bits per heavy atom. The van der Waals surface area contributed by atoms with E-state index in [1.807, 2.05) is 0 Å². The largest absolute Gasteiger partial charge is 0.459 e. The third kappa shape index (κ3) is 3.65. The van der Waals surface area contributed by atoms with Gasteiger partial charge in [-0.25, -0.2) is 8.78 Å². The summed E-state index contributed by atoms with van der Waals surface area (Å²) in [5.74, 6) is -0.700. The van der Waals surface area contributed by atoms with E-state index in [1.165, 1.54) is 24.3 Å². The number of halogens is 2. The number of rotatable bonds is 6. The number of carbonyl (C=O) groups excluding carboxylic acids is 1. The first-order valence-electron chi connectivity index (χ1n) is 7.30. The number of aromatic amines is 1. The summed E-state index contributed by atoms with van der Waals surface area (Å²) < 4.78 is 31.4. The van der Waals surface area contributed by atoms with Gasteiger partial charge in [-0.1, -0.05) is 24.3 Å². The summed E-state index contributed by atoms with van der Waals surface area (Å²) in [5.41, 5.74) is 2.64. The lowest BCUT2D eigenvalue weighted by Gasteiger charge is -2.14. The SMILES string of the molecule is O=COC(Cc1cc(-c2cccc(F)c2)[nH]n1)c1ccc(F)cc1. The fourth-order valence-corrected chi connectivity index (χ4v) is 2.45. The minimum Gasteiger partial charge on any atom is -0.459 e. The van der Waals surface area contributed by atoms with Crippen LogP contribution >= 0.6 is 0 Å². The Hall–Kier alpha value is -3.02. The Bertz CT molecular complexity index is 831. The fourth-order valence-electron chi connectivity index (χ4n) is 2.45. The number of benzene rings is 2. The van der Waals surface area contributed by atoms with Crippen LogP contribution in [-0.4, -0.2) is 16.7 Å². The van der Waals surface area contributed by atoms with E-state index in [9.17, 15) is 13.6 Å². The summed E-state index contributed by atoms with van der Waals surface area (Å²) in [6, 6.07) is 13.6. The van der Waals surface area contributed by atoms with Gasteiger partial charge in [-0.15, -0.1) is 0 Å². The van der Waals surface area contributed by atoms with Crippen LogP contribution in [0.1, 0.15) is 17.4 Å². The number of carbonyl (C=O) groups is 1. The quantitative estimate of drug-likeness (QED) is 0.700. The smallest absolute Gasteiger partial charge is 0.293 e. The average Bonchev–Trinajstić information content (AvgIpc) is 3.04. The van der Waals surface area contributed by atoms with Crippen molar-refractivity contribution < 1.29 is 18.3 Å². The summed E-state index contributed by atoms with van der Waals surface area (Å²) in [6.07, 6.45) is -0.261. The number of H-pyrrole nitrogens is 1. The van der Waals surface area contributed by atoms with E-state index in [2.05, 4.69) is 10.2 Å². The minimum absolute atomic E-state index is 0.316. The fraction of sp³-hybridized carbons (Fsp3) is 0.111. The van der Waals surface area contributed by atoms with E-state index in [0.717, 1.165) is 0 Å². The van der Waals surface area contributed by atoms with Crippen molar-refractivity contribution in [3.05, 3.63) is 77.5 Å². The lowest BCUT2D eigenvalue weighted by Crippen LogP contribution is -2.07. The predicted molar refractivity (Wildman–Crippen MR) is 84.0 cm³/mol. The van der Waals surface area contributed by atoms with Gasteiger partial charge in [-0.3, -0.25) is 9.89 Å². The van der Waals surface area contributed by atoms with E-state index in [0.29, 0.717) is 35.4 Å². The molecule has 24 heavy (non-hydrogen) atoms. The lowest BCUT2D eigenvalue weighted by atomic mass is 10.0. The maximum Gasteiger partial charge on any atom is 0.293 e. The van der Waals surface area contributed by atoms with Gasteiger partial charge in [-0.2, -0.15) is 5.10 Å². The van der Waals surface area contributed by atoms with Crippen LogP contribution in [0.25, 0.3) is 11.3 Å². The molecule has 0 fully saturated rings. The van der Waals surface area contributed by atoms with Crippen molar-refractivity contribution in [2.45, 2.75) is 12.5 Å². The lowest BCUT2D eigenvalue weighted by molar-refractivity contribution is -0.133. The summed E-state index contributed by atoms with van der Waals surface area (Å²) >= 11 is 0. The van der Waals surface area contributed by atoms with Crippen LogP contribution in [0.2, 0.25) is 0 Å². The Morgan fingerprint density at radius 1 is 1.08 bits per heavy atom. The molecule has 0 saturated heterocycles. The number of nitrogens with zero attached hydrogens (tertiary/aromatic N) is 1. The zero-order chi connectivity index (χ0) is 16.9. The van der Waals surface area contributed by atoms with E-state index >= 15 is 0 Å². The molecule has 0 bridgehead atoms.